The fraction of sp³-hybridized carbons (Fsp3) is 0.400. The van der Waals surface area contributed by atoms with E-state index in [1.54, 1.807) is 12.1 Å². The Balaban J connectivity index is 2.78. The number of nitro groups is 1. The molecule has 0 aliphatic carbocycles. The minimum absolute atomic E-state index is 0.0806. The summed E-state index contributed by atoms with van der Waals surface area (Å²) in [6, 6.07) is 6.70. The number of nitro benzene ring substituents is 1. The van der Waals surface area contributed by atoms with Gasteiger partial charge in [-0.25, -0.2) is 0 Å². The normalized spacial score (nSPS) is 12.4. The summed E-state index contributed by atoms with van der Waals surface area (Å²) in [5.41, 5.74) is 6.82. The van der Waals surface area contributed by atoms with Crippen molar-refractivity contribution in [3.63, 3.8) is 0 Å². The monoisotopic (exact) mass is 194 g/mol. The maximum absolute atomic E-state index is 10.5. The molecular formula is C10H14N2O2. The van der Waals surface area contributed by atoms with E-state index in [1.165, 1.54) is 6.07 Å². The molecule has 0 aliphatic heterocycles. The van der Waals surface area contributed by atoms with E-state index in [1.807, 2.05) is 13.0 Å². The lowest BCUT2D eigenvalue weighted by molar-refractivity contribution is -0.384. The third-order valence-corrected chi connectivity index (χ3v) is 2.14. The highest BCUT2D eigenvalue weighted by Gasteiger charge is 2.07. The molecule has 1 atom stereocenters. The molecule has 2 N–H and O–H groups in total. The van der Waals surface area contributed by atoms with Crippen molar-refractivity contribution in [1.82, 2.24) is 0 Å². The first-order chi connectivity index (χ1) is 6.63. The van der Waals surface area contributed by atoms with E-state index >= 15 is 0 Å². The number of nitrogens with zero attached hydrogens (tertiary/aromatic N) is 1. The van der Waals surface area contributed by atoms with Gasteiger partial charge in [-0.2, -0.15) is 0 Å². The summed E-state index contributed by atoms with van der Waals surface area (Å²) in [4.78, 5) is 10.1. The Hall–Kier alpha value is -1.42. The Labute approximate surface area is 82.9 Å². The van der Waals surface area contributed by atoms with Gasteiger partial charge in [0.1, 0.15) is 0 Å². The molecule has 1 unspecified atom stereocenters. The molecule has 1 aromatic rings. The zero-order chi connectivity index (χ0) is 10.6. The van der Waals surface area contributed by atoms with Gasteiger partial charge in [0.15, 0.2) is 0 Å². The highest BCUT2D eigenvalue weighted by atomic mass is 16.6. The van der Waals surface area contributed by atoms with Crippen LogP contribution in [0.5, 0.6) is 0 Å². The first-order valence-corrected chi connectivity index (χ1v) is 4.62. The predicted molar refractivity (Wildman–Crippen MR) is 55.1 cm³/mol. The lowest BCUT2D eigenvalue weighted by atomic mass is 10.0. The molecular weight excluding hydrogens is 180 g/mol. The van der Waals surface area contributed by atoms with E-state index in [9.17, 15) is 10.1 Å². The Bertz CT molecular complexity index is 326. The summed E-state index contributed by atoms with van der Waals surface area (Å²) in [6.07, 6.45) is 1.57. The van der Waals surface area contributed by atoms with Crippen LogP contribution in [0.25, 0.3) is 0 Å². The van der Waals surface area contributed by atoms with E-state index in [4.69, 9.17) is 5.73 Å². The van der Waals surface area contributed by atoms with Gasteiger partial charge in [0, 0.05) is 18.2 Å². The van der Waals surface area contributed by atoms with Gasteiger partial charge in [-0.3, -0.25) is 10.1 Å². The molecule has 0 saturated carbocycles. The minimum atomic E-state index is -0.388. The summed E-state index contributed by atoms with van der Waals surface area (Å²) in [7, 11) is 0. The van der Waals surface area contributed by atoms with Crippen LogP contribution < -0.4 is 5.73 Å². The second-order valence-corrected chi connectivity index (χ2v) is 3.30. The SMILES string of the molecule is CCC(N)Cc1cccc([N+](=O)[O-])c1. The van der Waals surface area contributed by atoms with E-state index in [-0.39, 0.29) is 16.7 Å². The summed E-state index contributed by atoms with van der Waals surface area (Å²) in [5, 5.41) is 10.5. The molecule has 0 amide bonds. The molecule has 0 bridgehead atoms. The Morgan fingerprint density at radius 3 is 2.86 bits per heavy atom. The van der Waals surface area contributed by atoms with Crippen LogP contribution in [0, 0.1) is 10.1 Å². The van der Waals surface area contributed by atoms with Crippen molar-refractivity contribution in [2.75, 3.05) is 0 Å². The van der Waals surface area contributed by atoms with Gasteiger partial charge in [0.2, 0.25) is 0 Å². The zero-order valence-electron chi connectivity index (χ0n) is 8.14. The molecule has 1 rings (SSSR count). The minimum Gasteiger partial charge on any atom is -0.327 e. The van der Waals surface area contributed by atoms with Gasteiger partial charge in [-0.15, -0.1) is 0 Å². The van der Waals surface area contributed by atoms with E-state index in [2.05, 4.69) is 0 Å². The first kappa shape index (κ1) is 10.7. The van der Waals surface area contributed by atoms with Gasteiger partial charge in [0.05, 0.1) is 4.92 Å². The van der Waals surface area contributed by atoms with Crippen LogP contribution in [0.15, 0.2) is 24.3 Å². The summed E-state index contributed by atoms with van der Waals surface area (Å²) in [6.45, 7) is 2.00. The van der Waals surface area contributed by atoms with Crippen molar-refractivity contribution in [2.24, 2.45) is 5.73 Å². The molecule has 76 valence electrons. The average molecular weight is 194 g/mol. The van der Waals surface area contributed by atoms with Crippen molar-refractivity contribution in [3.05, 3.63) is 39.9 Å². The summed E-state index contributed by atoms with van der Waals surface area (Å²) < 4.78 is 0. The molecule has 14 heavy (non-hydrogen) atoms. The molecule has 4 nitrogen and oxygen atoms in total. The van der Waals surface area contributed by atoms with Crippen molar-refractivity contribution >= 4 is 5.69 Å². The Kier molecular flexibility index (Phi) is 3.59. The summed E-state index contributed by atoms with van der Waals surface area (Å²) >= 11 is 0. The van der Waals surface area contributed by atoms with Crippen LogP contribution in [0.3, 0.4) is 0 Å². The van der Waals surface area contributed by atoms with Gasteiger partial charge >= 0.3 is 0 Å². The van der Waals surface area contributed by atoms with Crippen molar-refractivity contribution in [2.45, 2.75) is 25.8 Å². The van der Waals surface area contributed by atoms with Crippen molar-refractivity contribution in [3.8, 4) is 0 Å². The van der Waals surface area contributed by atoms with E-state index in [0.29, 0.717) is 6.42 Å². The largest absolute Gasteiger partial charge is 0.327 e. The molecule has 4 heteroatoms. The molecule has 1 aromatic carbocycles. The highest BCUT2D eigenvalue weighted by Crippen LogP contribution is 2.14. The smallest absolute Gasteiger partial charge is 0.269 e. The van der Waals surface area contributed by atoms with E-state index in [0.717, 1.165) is 12.0 Å². The molecule has 0 spiro atoms. The van der Waals surface area contributed by atoms with Crippen LogP contribution >= 0.6 is 0 Å². The maximum Gasteiger partial charge on any atom is 0.269 e. The molecule has 0 radical (unpaired) electrons. The molecule has 0 saturated heterocycles. The van der Waals surface area contributed by atoms with Gasteiger partial charge < -0.3 is 5.73 Å². The fourth-order valence-corrected chi connectivity index (χ4v) is 1.24. The van der Waals surface area contributed by atoms with Crippen LogP contribution in [-0.4, -0.2) is 11.0 Å². The number of hydrogen-bond acceptors (Lipinski definition) is 3. The van der Waals surface area contributed by atoms with E-state index < -0.39 is 0 Å². The van der Waals surface area contributed by atoms with Crippen molar-refractivity contribution < 1.29 is 4.92 Å². The lowest BCUT2D eigenvalue weighted by Crippen LogP contribution is -2.21. The Morgan fingerprint density at radius 2 is 2.29 bits per heavy atom. The molecule has 0 heterocycles. The lowest BCUT2D eigenvalue weighted by Gasteiger charge is -2.07. The molecule has 0 aliphatic rings. The van der Waals surface area contributed by atoms with Crippen LogP contribution in [0.4, 0.5) is 5.69 Å². The standard InChI is InChI=1S/C10H14N2O2/c1-2-9(11)6-8-4-3-5-10(7-8)12(13)14/h3-5,7,9H,2,6,11H2,1H3. The number of benzene rings is 1. The van der Waals surface area contributed by atoms with Crippen molar-refractivity contribution in [1.29, 1.82) is 0 Å². The number of non-ortho nitro benzene ring substituents is 1. The van der Waals surface area contributed by atoms with Crippen LogP contribution in [0.1, 0.15) is 18.9 Å². The van der Waals surface area contributed by atoms with Gasteiger partial charge in [-0.05, 0) is 18.4 Å². The number of hydrogen-bond donors (Lipinski definition) is 1. The number of nitrogens with two attached hydrogens (primary N) is 1. The second-order valence-electron chi connectivity index (χ2n) is 3.30. The highest BCUT2D eigenvalue weighted by molar-refractivity contribution is 5.34. The predicted octanol–water partition coefficient (Wildman–Crippen LogP) is 1.87. The molecule has 0 aromatic heterocycles. The third-order valence-electron chi connectivity index (χ3n) is 2.14. The average Bonchev–Trinajstić information content (AvgIpc) is 2.18. The van der Waals surface area contributed by atoms with Crippen LogP contribution in [0.2, 0.25) is 0 Å². The topological polar surface area (TPSA) is 69.2 Å². The van der Waals surface area contributed by atoms with Gasteiger partial charge in [-0.1, -0.05) is 19.1 Å². The first-order valence-electron chi connectivity index (χ1n) is 4.62. The molecule has 0 fully saturated rings. The zero-order valence-corrected chi connectivity index (χ0v) is 8.14. The Morgan fingerprint density at radius 1 is 1.57 bits per heavy atom. The van der Waals surface area contributed by atoms with Gasteiger partial charge in [0.25, 0.3) is 5.69 Å². The summed E-state index contributed by atoms with van der Waals surface area (Å²) in [5.74, 6) is 0. The second kappa shape index (κ2) is 4.72. The number of rotatable bonds is 4. The third kappa shape index (κ3) is 2.81. The quantitative estimate of drug-likeness (QED) is 0.587. The maximum atomic E-state index is 10.5. The fourth-order valence-electron chi connectivity index (χ4n) is 1.24. The van der Waals surface area contributed by atoms with Crippen LogP contribution in [-0.2, 0) is 6.42 Å².